The summed E-state index contributed by atoms with van der Waals surface area (Å²) in [4.78, 5) is 16.6. The molecule has 5 rings (SSSR count). The van der Waals surface area contributed by atoms with E-state index in [1.807, 2.05) is 12.1 Å². The van der Waals surface area contributed by atoms with Crippen molar-refractivity contribution in [1.82, 2.24) is 19.9 Å². The second-order valence-corrected chi connectivity index (χ2v) is 7.40. The maximum atomic E-state index is 14.1. The number of nitrogens with zero attached hydrogens (tertiary/aromatic N) is 3. The van der Waals surface area contributed by atoms with Gasteiger partial charge in [-0.1, -0.05) is 25.0 Å². The Labute approximate surface area is 161 Å². The molecular formula is C21H21FN6. The minimum absolute atomic E-state index is 0.113. The van der Waals surface area contributed by atoms with E-state index in [2.05, 4.69) is 20.3 Å². The lowest BCUT2D eigenvalue weighted by atomic mass is 9.91. The Kier molecular flexibility index (Phi) is 4.16. The van der Waals surface area contributed by atoms with Crippen LogP contribution in [0.15, 0.2) is 42.9 Å². The third-order valence-electron chi connectivity index (χ3n) is 5.52. The van der Waals surface area contributed by atoms with Crippen LogP contribution in [-0.4, -0.2) is 32.0 Å². The molecule has 2 atom stereocenters. The highest BCUT2D eigenvalue weighted by Crippen LogP contribution is 2.30. The monoisotopic (exact) mass is 376 g/mol. The average Bonchev–Trinajstić information content (AvgIpc) is 3.15. The molecule has 0 spiro atoms. The molecule has 1 aliphatic rings. The molecule has 6 nitrogen and oxygen atoms in total. The molecule has 1 aliphatic carbocycles. The molecule has 1 saturated carbocycles. The molecular weight excluding hydrogens is 355 g/mol. The molecule has 0 bridgehead atoms. The van der Waals surface area contributed by atoms with Gasteiger partial charge in [0, 0.05) is 47.0 Å². The normalized spacial score (nSPS) is 19.9. The number of nitrogens with two attached hydrogens (primary N) is 1. The SMILES string of the molecule is NC1CCCCC1Nc1ncc2cncc(-c3cc4cccc(F)c4[nH]3)c2n1. The summed E-state index contributed by atoms with van der Waals surface area (Å²) in [5.41, 5.74) is 9.08. The quantitative estimate of drug-likeness (QED) is 0.503. The van der Waals surface area contributed by atoms with Gasteiger partial charge in [-0.3, -0.25) is 4.98 Å². The molecule has 0 saturated heterocycles. The third kappa shape index (κ3) is 2.97. The molecule has 3 aromatic heterocycles. The zero-order valence-electron chi connectivity index (χ0n) is 15.3. The van der Waals surface area contributed by atoms with Gasteiger partial charge in [0.05, 0.1) is 16.7 Å². The predicted molar refractivity (Wildman–Crippen MR) is 108 cm³/mol. The molecule has 28 heavy (non-hydrogen) atoms. The standard InChI is InChI=1S/C21H21FN6/c22-15-5-3-4-12-8-18(26-20(12)15)14-11-24-9-13-10-25-21(28-19(13)14)27-17-7-2-1-6-16(17)23/h3-5,8-11,16-17,26H,1-2,6-7,23H2,(H,25,27,28). The number of fused-ring (bicyclic) bond motifs is 2. The summed E-state index contributed by atoms with van der Waals surface area (Å²) < 4.78 is 14.1. The second-order valence-electron chi connectivity index (χ2n) is 7.40. The number of hydrogen-bond acceptors (Lipinski definition) is 5. The van der Waals surface area contributed by atoms with Crippen molar-refractivity contribution in [3.63, 3.8) is 0 Å². The van der Waals surface area contributed by atoms with Gasteiger partial charge in [0.15, 0.2) is 0 Å². The van der Waals surface area contributed by atoms with Crippen molar-refractivity contribution in [3.05, 3.63) is 48.7 Å². The number of rotatable bonds is 3. The van der Waals surface area contributed by atoms with Crippen LogP contribution in [0.2, 0.25) is 0 Å². The van der Waals surface area contributed by atoms with Crippen molar-refractivity contribution in [1.29, 1.82) is 0 Å². The lowest BCUT2D eigenvalue weighted by Crippen LogP contribution is -2.42. The largest absolute Gasteiger partial charge is 0.352 e. The highest BCUT2D eigenvalue weighted by atomic mass is 19.1. The Bertz CT molecular complexity index is 1150. The Morgan fingerprint density at radius 1 is 1.11 bits per heavy atom. The van der Waals surface area contributed by atoms with Gasteiger partial charge in [0.1, 0.15) is 5.82 Å². The maximum Gasteiger partial charge on any atom is 0.223 e. The van der Waals surface area contributed by atoms with E-state index in [0.717, 1.165) is 46.8 Å². The molecule has 2 unspecified atom stereocenters. The predicted octanol–water partition coefficient (Wildman–Crippen LogP) is 3.99. The first-order valence-corrected chi connectivity index (χ1v) is 9.59. The van der Waals surface area contributed by atoms with Crippen LogP contribution in [0.25, 0.3) is 33.1 Å². The molecule has 3 heterocycles. The Morgan fingerprint density at radius 3 is 2.86 bits per heavy atom. The van der Waals surface area contributed by atoms with Crippen molar-refractivity contribution in [2.24, 2.45) is 5.73 Å². The number of anilines is 1. The number of H-pyrrole nitrogens is 1. The highest BCUT2D eigenvalue weighted by molar-refractivity contribution is 5.95. The number of pyridine rings is 1. The summed E-state index contributed by atoms with van der Waals surface area (Å²) in [7, 11) is 0. The molecule has 0 radical (unpaired) electrons. The topological polar surface area (TPSA) is 92.5 Å². The smallest absolute Gasteiger partial charge is 0.223 e. The molecule has 4 N–H and O–H groups in total. The highest BCUT2D eigenvalue weighted by Gasteiger charge is 2.22. The van der Waals surface area contributed by atoms with E-state index in [4.69, 9.17) is 10.7 Å². The lowest BCUT2D eigenvalue weighted by molar-refractivity contribution is 0.402. The summed E-state index contributed by atoms with van der Waals surface area (Å²) in [5.74, 6) is 0.282. The van der Waals surface area contributed by atoms with E-state index >= 15 is 0 Å². The van der Waals surface area contributed by atoms with Gasteiger partial charge < -0.3 is 16.0 Å². The van der Waals surface area contributed by atoms with Gasteiger partial charge in [-0.05, 0) is 25.0 Å². The van der Waals surface area contributed by atoms with Crippen LogP contribution < -0.4 is 11.1 Å². The Balaban J connectivity index is 1.57. The minimum atomic E-state index is -0.278. The average molecular weight is 376 g/mol. The Morgan fingerprint density at radius 2 is 2.00 bits per heavy atom. The third-order valence-corrected chi connectivity index (χ3v) is 5.52. The van der Waals surface area contributed by atoms with E-state index < -0.39 is 0 Å². The Hall–Kier alpha value is -3.06. The molecule has 1 aromatic carbocycles. The van der Waals surface area contributed by atoms with Gasteiger partial charge in [-0.15, -0.1) is 0 Å². The summed E-state index contributed by atoms with van der Waals surface area (Å²) in [5, 5.41) is 5.04. The fourth-order valence-electron chi connectivity index (χ4n) is 3.99. The summed E-state index contributed by atoms with van der Waals surface area (Å²) in [6.45, 7) is 0. The first-order chi connectivity index (χ1) is 13.7. The number of aromatic nitrogens is 4. The zero-order valence-corrected chi connectivity index (χ0v) is 15.3. The maximum absolute atomic E-state index is 14.1. The number of hydrogen-bond donors (Lipinski definition) is 3. The molecule has 4 aromatic rings. The summed E-state index contributed by atoms with van der Waals surface area (Å²) in [6.07, 6.45) is 9.61. The van der Waals surface area contributed by atoms with E-state index in [-0.39, 0.29) is 17.9 Å². The number of nitrogens with one attached hydrogen (secondary N) is 2. The van der Waals surface area contributed by atoms with Crippen LogP contribution in [0.4, 0.5) is 10.3 Å². The van der Waals surface area contributed by atoms with E-state index in [9.17, 15) is 4.39 Å². The fraction of sp³-hybridized carbons (Fsp3) is 0.286. The van der Waals surface area contributed by atoms with Crippen LogP contribution in [0, 0.1) is 5.82 Å². The van der Waals surface area contributed by atoms with Crippen LogP contribution in [0.1, 0.15) is 25.7 Å². The van der Waals surface area contributed by atoms with E-state index in [0.29, 0.717) is 11.5 Å². The van der Waals surface area contributed by atoms with Gasteiger partial charge in [0.25, 0.3) is 0 Å². The van der Waals surface area contributed by atoms with E-state index in [1.54, 1.807) is 24.7 Å². The van der Waals surface area contributed by atoms with Crippen LogP contribution >= 0.6 is 0 Å². The fourth-order valence-corrected chi connectivity index (χ4v) is 3.99. The number of aromatic amines is 1. The summed E-state index contributed by atoms with van der Waals surface area (Å²) in [6, 6.07) is 7.24. The minimum Gasteiger partial charge on any atom is -0.352 e. The van der Waals surface area contributed by atoms with E-state index in [1.165, 1.54) is 12.5 Å². The summed E-state index contributed by atoms with van der Waals surface area (Å²) >= 11 is 0. The van der Waals surface area contributed by atoms with Crippen LogP contribution in [0.5, 0.6) is 0 Å². The van der Waals surface area contributed by atoms with Crippen molar-refractivity contribution in [2.75, 3.05) is 5.32 Å². The van der Waals surface area contributed by atoms with Crippen molar-refractivity contribution in [3.8, 4) is 11.3 Å². The second kappa shape index (κ2) is 6.83. The lowest BCUT2D eigenvalue weighted by Gasteiger charge is -2.29. The molecule has 0 aliphatic heterocycles. The van der Waals surface area contributed by atoms with Gasteiger partial charge >= 0.3 is 0 Å². The zero-order chi connectivity index (χ0) is 19.1. The van der Waals surface area contributed by atoms with Gasteiger partial charge in [0.2, 0.25) is 5.95 Å². The first-order valence-electron chi connectivity index (χ1n) is 9.59. The molecule has 1 fully saturated rings. The van der Waals surface area contributed by atoms with Crippen LogP contribution in [0.3, 0.4) is 0 Å². The molecule has 7 heteroatoms. The number of benzene rings is 1. The van der Waals surface area contributed by atoms with Crippen molar-refractivity contribution in [2.45, 2.75) is 37.8 Å². The van der Waals surface area contributed by atoms with Gasteiger partial charge in [-0.2, -0.15) is 0 Å². The number of halogens is 1. The number of para-hydroxylation sites is 1. The van der Waals surface area contributed by atoms with Crippen molar-refractivity contribution < 1.29 is 4.39 Å². The molecule has 0 amide bonds. The first kappa shape index (κ1) is 17.1. The van der Waals surface area contributed by atoms with Crippen molar-refractivity contribution >= 4 is 27.8 Å². The van der Waals surface area contributed by atoms with Crippen LogP contribution in [-0.2, 0) is 0 Å². The van der Waals surface area contributed by atoms with Gasteiger partial charge in [-0.25, -0.2) is 14.4 Å². The molecule has 142 valence electrons.